The Morgan fingerprint density at radius 1 is 1.04 bits per heavy atom. The SMILES string of the molecule is COc1nc(-c2cccc(-c3cccc(Nc4nncc5c4c(=O)n(C)c(=O)n5C)c3C)c2Cl)cc2c1C(N1CCC3(CCNC(=O)N3)C1)CC2. The van der Waals surface area contributed by atoms with Crippen LogP contribution in [0.25, 0.3) is 33.3 Å². The molecule has 2 amide bonds. The van der Waals surface area contributed by atoms with Crippen LogP contribution >= 0.6 is 11.6 Å². The number of methoxy groups -OCH3 is 1. The highest BCUT2D eigenvalue weighted by molar-refractivity contribution is 6.36. The number of amides is 2. The second-order valence-corrected chi connectivity index (χ2v) is 14.1. The van der Waals surface area contributed by atoms with E-state index in [2.05, 4.69) is 37.1 Å². The topological polar surface area (TPSA) is 148 Å². The van der Waals surface area contributed by atoms with Crippen molar-refractivity contribution in [3.05, 3.63) is 91.2 Å². The van der Waals surface area contributed by atoms with Crippen LogP contribution in [0.3, 0.4) is 0 Å². The summed E-state index contributed by atoms with van der Waals surface area (Å²) in [4.78, 5) is 45.3. The van der Waals surface area contributed by atoms with Gasteiger partial charge in [0, 0.05) is 62.1 Å². The van der Waals surface area contributed by atoms with E-state index in [0.29, 0.717) is 28.7 Å². The fraction of sp³-hybridized carbons (Fsp3) is 0.351. The van der Waals surface area contributed by atoms with Crippen molar-refractivity contribution in [1.82, 2.24) is 39.8 Å². The van der Waals surface area contributed by atoms with Crippen LogP contribution in [0.1, 0.15) is 42.0 Å². The highest BCUT2D eigenvalue weighted by Crippen LogP contribution is 2.46. The van der Waals surface area contributed by atoms with Crippen LogP contribution in [0, 0.1) is 6.92 Å². The first-order valence-electron chi connectivity index (χ1n) is 17.0. The van der Waals surface area contributed by atoms with Gasteiger partial charge in [-0.25, -0.2) is 14.6 Å². The minimum atomic E-state index is -0.460. The predicted octanol–water partition coefficient (Wildman–Crippen LogP) is 4.60. The first-order chi connectivity index (χ1) is 24.6. The fourth-order valence-electron chi connectivity index (χ4n) is 8.12. The monoisotopic (exact) mass is 707 g/mol. The number of nitrogens with zero attached hydrogens (tertiary/aromatic N) is 6. The van der Waals surface area contributed by atoms with Crippen LogP contribution in [0.2, 0.25) is 5.02 Å². The number of aryl methyl sites for hydroxylation is 2. The molecule has 5 aromatic rings. The molecule has 3 aliphatic rings. The van der Waals surface area contributed by atoms with E-state index in [1.54, 1.807) is 14.2 Å². The van der Waals surface area contributed by atoms with Gasteiger partial charge in [0.1, 0.15) is 5.39 Å². The van der Waals surface area contributed by atoms with Crippen molar-refractivity contribution in [3.63, 3.8) is 0 Å². The zero-order valence-corrected chi connectivity index (χ0v) is 29.6. The van der Waals surface area contributed by atoms with Crippen LogP contribution in [-0.2, 0) is 20.5 Å². The Balaban J connectivity index is 1.12. The van der Waals surface area contributed by atoms with Crippen molar-refractivity contribution >= 4 is 40.0 Å². The van der Waals surface area contributed by atoms with Gasteiger partial charge in [0.15, 0.2) is 5.82 Å². The number of nitrogens with one attached hydrogen (secondary N) is 3. The number of halogens is 1. The number of carbonyl (C=O) groups is 1. The summed E-state index contributed by atoms with van der Waals surface area (Å²) in [5, 5.41) is 18.5. The molecule has 262 valence electrons. The lowest BCUT2D eigenvalue weighted by atomic mass is 9.93. The number of carbonyl (C=O) groups excluding carboxylic acids is 1. The van der Waals surface area contributed by atoms with Crippen LogP contribution in [0.15, 0.2) is 58.3 Å². The van der Waals surface area contributed by atoms with Gasteiger partial charge in [0.25, 0.3) is 5.56 Å². The van der Waals surface area contributed by atoms with Crippen molar-refractivity contribution in [2.45, 2.75) is 44.2 Å². The summed E-state index contributed by atoms with van der Waals surface area (Å²) in [7, 11) is 4.70. The molecule has 14 heteroatoms. The number of fused-ring (bicyclic) bond motifs is 2. The molecular formula is C37H38ClN9O4. The summed E-state index contributed by atoms with van der Waals surface area (Å²) in [5.41, 5.74) is 6.44. The Morgan fingerprint density at radius 2 is 1.82 bits per heavy atom. The average molecular weight is 708 g/mol. The quantitative estimate of drug-likeness (QED) is 0.230. The van der Waals surface area contributed by atoms with E-state index in [0.717, 1.165) is 76.9 Å². The van der Waals surface area contributed by atoms with Gasteiger partial charge in [-0.2, -0.15) is 5.10 Å². The van der Waals surface area contributed by atoms with E-state index in [1.807, 2.05) is 43.3 Å². The van der Waals surface area contributed by atoms with Gasteiger partial charge in [-0.1, -0.05) is 41.9 Å². The molecule has 0 saturated carbocycles. The first kappa shape index (κ1) is 32.9. The fourth-order valence-corrected chi connectivity index (χ4v) is 8.45. The Bertz CT molecular complexity index is 2370. The van der Waals surface area contributed by atoms with E-state index < -0.39 is 11.2 Å². The Morgan fingerprint density at radius 3 is 2.63 bits per heavy atom. The number of rotatable bonds is 6. The Kier molecular flexibility index (Phi) is 8.06. The summed E-state index contributed by atoms with van der Waals surface area (Å²) in [6, 6.07) is 13.9. The lowest BCUT2D eigenvalue weighted by Gasteiger charge is -2.36. The normalized spacial score (nSPS) is 20.0. The zero-order chi connectivity index (χ0) is 35.6. The second-order valence-electron chi connectivity index (χ2n) is 13.7. The van der Waals surface area contributed by atoms with Crippen LogP contribution in [0.5, 0.6) is 5.88 Å². The van der Waals surface area contributed by atoms with Crippen molar-refractivity contribution < 1.29 is 9.53 Å². The smallest absolute Gasteiger partial charge is 0.330 e. The van der Waals surface area contributed by atoms with Gasteiger partial charge in [0.05, 0.1) is 35.1 Å². The third-order valence-electron chi connectivity index (χ3n) is 10.9. The third kappa shape index (κ3) is 5.42. The largest absolute Gasteiger partial charge is 0.481 e. The number of aromatic nitrogens is 5. The van der Waals surface area contributed by atoms with Crippen LogP contribution in [-0.4, -0.2) is 67.5 Å². The van der Waals surface area contributed by atoms with E-state index >= 15 is 0 Å². The molecule has 0 bridgehead atoms. The maximum atomic E-state index is 13.2. The van der Waals surface area contributed by atoms with Crippen molar-refractivity contribution in [2.24, 2.45) is 14.1 Å². The lowest BCUT2D eigenvalue weighted by molar-refractivity contribution is 0.187. The number of benzene rings is 2. The molecule has 8 rings (SSSR count). The maximum absolute atomic E-state index is 13.2. The molecule has 2 unspecified atom stereocenters. The number of likely N-dealkylation sites (tertiary alicyclic amines) is 1. The number of hydrogen-bond acceptors (Lipinski definition) is 9. The summed E-state index contributed by atoms with van der Waals surface area (Å²) in [5.74, 6) is 0.852. The van der Waals surface area contributed by atoms with Crippen molar-refractivity contribution in [1.29, 1.82) is 0 Å². The summed E-state index contributed by atoms with van der Waals surface area (Å²) >= 11 is 7.24. The molecule has 51 heavy (non-hydrogen) atoms. The van der Waals surface area contributed by atoms with E-state index in [-0.39, 0.29) is 28.8 Å². The van der Waals surface area contributed by atoms with Crippen LogP contribution in [0.4, 0.5) is 16.3 Å². The van der Waals surface area contributed by atoms with Gasteiger partial charge in [-0.15, -0.1) is 5.10 Å². The molecule has 1 spiro atoms. The molecule has 5 heterocycles. The predicted molar refractivity (Wildman–Crippen MR) is 196 cm³/mol. The first-order valence-corrected chi connectivity index (χ1v) is 17.4. The third-order valence-corrected chi connectivity index (χ3v) is 11.3. The molecule has 2 fully saturated rings. The molecule has 2 aliphatic heterocycles. The van der Waals surface area contributed by atoms with E-state index in [9.17, 15) is 14.4 Å². The van der Waals surface area contributed by atoms with Gasteiger partial charge in [-0.05, 0) is 61.4 Å². The second kappa shape index (κ2) is 12.5. The summed E-state index contributed by atoms with van der Waals surface area (Å²) in [6.45, 7) is 4.38. The number of ether oxygens (including phenoxy) is 1. The Labute approximate surface area is 298 Å². The number of pyridine rings is 1. The molecular weight excluding hydrogens is 670 g/mol. The van der Waals surface area contributed by atoms with Gasteiger partial charge < -0.3 is 20.7 Å². The number of anilines is 2. The molecule has 0 radical (unpaired) electrons. The molecule has 2 aromatic carbocycles. The van der Waals surface area contributed by atoms with Gasteiger partial charge in [-0.3, -0.25) is 18.8 Å². The molecule has 3 aromatic heterocycles. The van der Waals surface area contributed by atoms with E-state index in [4.69, 9.17) is 21.3 Å². The highest BCUT2D eigenvalue weighted by Gasteiger charge is 2.45. The minimum Gasteiger partial charge on any atom is -0.481 e. The molecule has 3 N–H and O–H groups in total. The van der Waals surface area contributed by atoms with Gasteiger partial charge in [0.2, 0.25) is 5.88 Å². The standard InChI is InChI=1S/C37H38ClN9O4/c1-20-22(7-6-10-25(20)41-32-30-28(18-40-44-32)45(2)36(50)46(3)34(30)48)23-8-5-9-24(31(23)38)26-17-21-11-12-27(29(21)33(42-26)51-4)47-16-14-37(19-47)13-15-39-35(49)43-37/h5-10,17-18,27H,11-16,19H2,1-4H3,(H,41,44)(H2,39,43,49). The molecule has 1 aliphatic carbocycles. The molecule has 2 saturated heterocycles. The highest BCUT2D eigenvalue weighted by atomic mass is 35.5. The average Bonchev–Trinajstić information content (AvgIpc) is 3.74. The van der Waals surface area contributed by atoms with Gasteiger partial charge >= 0.3 is 11.7 Å². The minimum absolute atomic E-state index is 0.0866. The van der Waals surface area contributed by atoms with E-state index in [1.165, 1.54) is 23.4 Å². The molecule has 13 nitrogen and oxygen atoms in total. The van der Waals surface area contributed by atoms with Crippen LogP contribution < -0.4 is 31.9 Å². The van der Waals surface area contributed by atoms with Crippen molar-refractivity contribution in [2.75, 3.05) is 32.1 Å². The maximum Gasteiger partial charge on any atom is 0.330 e. The Hall–Kier alpha value is -5.27. The zero-order valence-electron chi connectivity index (χ0n) is 28.8. The number of hydrogen-bond donors (Lipinski definition) is 3. The summed E-state index contributed by atoms with van der Waals surface area (Å²) in [6.07, 6.45) is 5.10. The molecule has 2 atom stereocenters. The summed E-state index contributed by atoms with van der Waals surface area (Å²) < 4.78 is 8.39. The lowest BCUT2D eigenvalue weighted by Crippen LogP contribution is -2.59. The number of urea groups is 1. The van der Waals surface area contributed by atoms with Crippen molar-refractivity contribution in [3.8, 4) is 28.3 Å².